The first-order chi connectivity index (χ1) is 6.83. The van der Waals surface area contributed by atoms with Crippen LogP contribution in [0.25, 0.3) is 10.6 Å². The van der Waals surface area contributed by atoms with Crippen LogP contribution >= 0.6 is 33.9 Å². The van der Waals surface area contributed by atoms with Crippen LogP contribution in [0.2, 0.25) is 0 Å². The van der Waals surface area contributed by atoms with Crippen molar-refractivity contribution in [3.8, 4) is 16.3 Å². The Hall–Kier alpha value is -0.690. The normalized spacial score (nSPS) is 10.1. The molecule has 0 saturated carbocycles. The summed E-state index contributed by atoms with van der Waals surface area (Å²) in [5.74, 6) is 0.873. The number of methoxy groups -OCH3 is 1. The molecule has 14 heavy (non-hydrogen) atoms. The minimum absolute atomic E-state index is 0.873. The maximum absolute atomic E-state index is 5.23. The molecule has 0 radical (unpaired) electrons. The van der Waals surface area contributed by atoms with Crippen LogP contribution in [-0.4, -0.2) is 17.3 Å². The van der Waals surface area contributed by atoms with Crippen LogP contribution in [0, 0.1) is 3.57 Å². The van der Waals surface area contributed by atoms with Gasteiger partial charge < -0.3 is 4.74 Å². The predicted molar refractivity (Wildman–Crippen MR) is 64.6 cm³/mol. The molecule has 0 amide bonds. The highest BCUT2D eigenvalue weighted by Gasteiger charge is 2.09. The number of benzene rings is 1. The maximum atomic E-state index is 5.23. The van der Waals surface area contributed by atoms with E-state index in [4.69, 9.17) is 4.74 Å². The lowest BCUT2D eigenvalue weighted by Gasteiger charge is -2.05. The van der Waals surface area contributed by atoms with Crippen LogP contribution in [0.3, 0.4) is 0 Å². The van der Waals surface area contributed by atoms with Crippen molar-refractivity contribution >= 4 is 33.9 Å². The largest absolute Gasteiger partial charge is 0.496 e. The van der Waals surface area contributed by atoms with Crippen LogP contribution in [-0.2, 0) is 0 Å². The second-order valence-electron chi connectivity index (χ2n) is 2.57. The van der Waals surface area contributed by atoms with Crippen LogP contribution in [0.5, 0.6) is 5.75 Å². The van der Waals surface area contributed by atoms with Crippen molar-refractivity contribution < 1.29 is 4.74 Å². The molecule has 0 spiro atoms. The van der Waals surface area contributed by atoms with E-state index in [2.05, 4.69) is 32.8 Å². The summed E-state index contributed by atoms with van der Waals surface area (Å²) < 4.78 is 6.31. The molecule has 0 bridgehead atoms. The Balaban J connectivity index is 2.54. The standard InChI is InChI=1S/C9H7IN2OS/c1-13-7-4-2-3-6(8(7)10)9-12-11-5-14-9/h2-5H,1H3. The molecule has 5 heteroatoms. The van der Waals surface area contributed by atoms with Crippen LogP contribution in [0.15, 0.2) is 23.7 Å². The summed E-state index contributed by atoms with van der Waals surface area (Å²) in [6, 6.07) is 5.91. The fourth-order valence-corrected chi connectivity index (χ4v) is 2.73. The summed E-state index contributed by atoms with van der Waals surface area (Å²) >= 11 is 3.78. The Kier molecular flexibility index (Phi) is 2.97. The zero-order chi connectivity index (χ0) is 9.97. The molecular formula is C9H7IN2OS. The van der Waals surface area contributed by atoms with Gasteiger partial charge in [0.1, 0.15) is 16.3 Å². The summed E-state index contributed by atoms with van der Waals surface area (Å²) in [5, 5.41) is 8.77. The zero-order valence-corrected chi connectivity index (χ0v) is 10.4. The monoisotopic (exact) mass is 318 g/mol. The number of halogens is 1. The minimum Gasteiger partial charge on any atom is -0.496 e. The number of hydrogen-bond donors (Lipinski definition) is 0. The number of rotatable bonds is 2. The average Bonchev–Trinajstić information content (AvgIpc) is 2.71. The van der Waals surface area contributed by atoms with Crippen LogP contribution < -0.4 is 4.74 Å². The first-order valence-corrected chi connectivity index (χ1v) is 5.88. The van der Waals surface area contributed by atoms with E-state index in [9.17, 15) is 0 Å². The smallest absolute Gasteiger partial charge is 0.148 e. The molecular weight excluding hydrogens is 311 g/mol. The Labute approximate surface area is 99.3 Å². The number of hydrogen-bond acceptors (Lipinski definition) is 4. The third-order valence-electron chi connectivity index (χ3n) is 1.77. The highest BCUT2D eigenvalue weighted by atomic mass is 127. The quantitative estimate of drug-likeness (QED) is 0.799. The Bertz CT molecular complexity index is 430. The number of ether oxygens (including phenoxy) is 1. The van der Waals surface area contributed by atoms with Gasteiger partial charge in [-0.3, -0.25) is 0 Å². The molecule has 0 N–H and O–H groups in total. The third kappa shape index (κ3) is 1.74. The Morgan fingerprint density at radius 1 is 1.43 bits per heavy atom. The first kappa shape index (κ1) is 9.85. The molecule has 1 aromatic heterocycles. The first-order valence-electron chi connectivity index (χ1n) is 3.92. The fraction of sp³-hybridized carbons (Fsp3) is 0.111. The second-order valence-corrected chi connectivity index (χ2v) is 4.48. The maximum Gasteiger partial charge on any atom is 0.148 e. The molecule has 0 aliphatic carbocycles. The van der Waals surface area contributed by atoms with Crippen molar-refractivity contribution in [3.63, 3.8) is 0 Å². The van der Waals surface area contributed by atoms with Gasteiger partial charge in [-0.25, -0.2) is 0 Å². The van der Waals surface area contributed by atoms with E-state index in [1.807, 2.05) is 18.2 Å². The molecule has 3 nitrogen and oxygen atoms in total. The van der Waals surface area contributed by atoms with Crippen molar-refractivity contribution in [1.82, 2.24) is 10.2 Å². The van der Waals surface area contributed by atoms with Gasteiger partial charge in [-0.2, -0.15) is 0 Å². The van der Waals surface area contributed by atoms with Crippen molar-refractivity contribution in [2.24, 2.45) is 0 Å². The van der Waals surface area contributed by atoms with E-state index in [0.29, 0.717) is 0 Å². The minimum atomic E-state index is 0.873. The predicted octanol–water partition coefficient (Wildman–Crippen LogP) is 2.82. The van der Waals surface area contributed by atoms with E-state index >= 15 is 0 Å². The highest BCUT2D eigenvalue weighted by molar-refractivity contribution is 14.1. The molecule has 2 aromatic rings. The van der Waals surface area contributed by atoms with Gasteiger partial charge in [0.2, 0.25) is 0 Å². The average molecular weight is 318 g/mol. The third-order valence-corrected chi connectivity index (χ3v) is 3.61. The van der Waals surface area contributed by atoms with Gasteiger partial charge >= 0.3 is 0 Å². The molecule has 1 aromatic carbocycles. The summed E-state index contributed by atoms with van der Waals surface area (Å²) in [5.41, 5.74) is 2.80. The molecule has 0 aliphatic heterocycles. The van der Waals surface area contributed by atoms with E-state index in [1.165, 1.54) is 11.3 Å². The van der Waals surface area contributed by atoms with Crippen molar-refractivity contribution in [2.45, 2.75) is 0 Å². The lowest BCUT2D eigenvalue weighted by molar-refractivity contribution is 0.412. The summed E-state index contributed by atoms with van der Waals surface area (Å²) in [4.78, 5) is 0. The van der Waals surface area contributed by atoms with Gasteiger partial charge in [-0.15, -0.1) is 10.2 Å². The second kappa shape index (κ2) is 4.22. The van der Waals surface area contributed by atoms with Crippen LogP contribution in [0.1, 0.15) is 0 Å². The number of nitrogens with zero attached hydrogens (tertiary/aromatic N) is 2. The molecule has 72 valence electrons. The fourth-order valence-electron chi connectivity index (χ4n) is 1.12. The molecule has 0 unspecified atom stereocenters. The molecule has 0 saturated heterocycles. The van der Waals surface area contributed by atoms with E-state index in [1.54, 1.807) is 12.6 Å². The van der Waals surface area contributed by atoms with Crippen molar-refractivity contribution in [1.29, 1.82) is 0 Å². The topological polar surface area (TPSA) is 35.0 Å². The van der Waals surface area contributed by atoms with Gasteiger partial charge in [-0.05, 0) is 28.7 Å². The lowest BCUT2D eigenvalue weighted by Crippen LogP contribution is -1.89. The summed E-state index contributed by atoms with van der Waals surface area (Å²) in [6.07, 6.45) is 0. The van der Waals surface area contributed by atoms with E-state index < -0.39 is 0 Å². The highest BCUT2D eigenvalue weighted by Crippen LogP contribution is 2.32. The van der Waals surface area contributed by atoms with Gasteiger partial charge in [0.25, 0.3) is 0 Å². The Morgan fingerprint density at radius 2 is 2.29 bits per heavy atom. The van der Waals surface area contributed by atoms with Crippen molar-refractivity contribution in [2.75, 3.05) is 7.11 Å². The Morgan fingerprint density at radius 3 is 2.93 bits per heavy atom. The molecule has 0 fully saturated rings. The molecule has 1 heterocycles. The van der Waals surface area contributed by atoms with Gasteiger partial charge in [0, 0.05) is 5.56 Å². The zero-order valence-electron chi connectivity index (χ0n) is 7.40. The van der Waals surface area contributed by atoms with E-state index in [0.717, 1.165) is 19.9 Å². The molecule has 2 rings (SSSR count). The van der Waals surface area contributed by atoms with Crippen LogP contribution in [0.4, 0.5) is 0 Å². The van der Waals surface area contributed by atoms with Gasteiger partial charge in [-0.1, -0.05) is 23.5 Å². The molecule has 0 aliphatic rings. The summed E-state index contributed by atoms with van der Waals surface area (Å²) in [6.45, 7) is 0. The van der Waals surface area contributed by atoms with Gasteiger partial charge in [0.15, 0.2) is 0 Å². The van der Waals surface area contributed by atoms with E-state index in [-0.39, 0.29) is 0 Å². The van der Waals surface area contributed by atoms with Gasteiger partial charge in [0.05, 0.1) is 10.7 Å². The van der Waals surface area contributed by atoms with Crippen molar-refractivity contribution in [3.05, 3.63) is 27.3 Å². The summed E-state index contributed by atoms with van der Waals surface area (Å²) in [7, 11) is 1.67. The molecule has 0 atom stereocenters. The lowest BCUT2D eigenvalue weighted by atomic mass is 10.2. The number of aromatic nitrogens is 2. The SMILES string of the molecule is COc1cccc(-c2nncs2)c1I.